The Morgan fingerprint density at radius 2 is 1.09 bits per heavy atom. The van der Waals surface area contributed by atoms with Crippen molar-refractivity contribution < 1.29 is 37.5 Å². The highest BCUT2D eigenvalue weighted by atomic mass is 16.5. The minimum atomic E-state index is -0.597. The van der Waals surface area contributed by atoms with Crippen molar-refractivity contribution in [1.82, 2.24) is 29.3 Å². The maximum absolute atomic E-state index is 12.6. The van der Waals surface area contributed by atoms with E-state index >= 15 is 0 Å². The molecule has 1 unspecified atom stereocenters. The van der Waals surface area contributed by atoms with E-state index in [4.69, 9.17) is 8.83 Å². The first-order valence-electron chi connectivity index (χ1n) is 21.9. The summed E-state index contributed by atoms with van der Waals surface area (Å²) in [6.45, 7) is 12.4. The minimum Gasteiger partial charge on any atom is -0.465 e. The van der Waals surface area contributed by atoms with Crippen LogP contribution in [0, 0.1) is 19.8 Å². The highest BCUT2D eigenvalue weighted by Crippen LogP contribution is 2.30. The zero-order chi connectivity index (χ0) is 47.2. The summed E-state index contributed by atoms with van der Waals surface area (Å²) in [5.41, 5.74) is -0.552. The third-order valence-electron chi connectivity index (χ3n) is 12.3. The van der Waals surface area contributed by atoms with Crippen molar-refractivity contribution in [3.63, 3.8) is 0 Å². The van der Waals surface area contributed by atoms with Gasteiger partial charge in [0.2, 0.25) is 23.2 Å². The summed E-state index contributed by atoms with van der Waals surface area (Å²) in [6.07, 6.45) is 9.48. The Morgan fingerprint density at radius 1 is 0.672 bits per heavy atom. The second-order valence-electron chi connectivity index (χ2n) is 16.2. The van der Waals surface area contributed by atoms with Crippen molar-refractivity contribution in [2.75, 3.05) is 6.61 Å². The number of imide groups is 2. The van der Waals surface area contributed by atoms with Gasteiger partial charge < -0.3 is 13.6 Å². The molecule has 20 nitrogen and oxygen atoms in total. The van der Waals surface area contributed by atoms with E-state index in [2.05, 4.69) is 20.0 Å². The lowest BCUT2D eigenvalue weighted by molar-refractivity contribution is -0.150. The first-order chi connectivity index (χ1) is 30.4. The summed E-state index contributed by atoms with van der Waals surface area (Å²) < 4.78 is 17.3. The molecule has 64 heavy (non-hydrogen) atoms. The van der Waals surface area contributed by atoms with Gasteiger partial charge in [-0.3, -0.25) is 58.1 Å². The number of carbonyl (C=O) groups excluding carboxylic acids is 5. The molecule has 0 spiro atoms. The van der Waals surface area contributed by atoms with Crippen LogP contribution in [0.2, 0.25) is 0 Å². The first-order valence-corrected chi connectivity index (χ1v) is 21.9. The van der Waals surface area contributed by atoms with Crippen molar-refractivity contribution in [1.29, 1.82) is 0 Å². The molecule has 1 saturated heterocycles. The number of aromatic amines is 2. The second kappa shape index (κ2) is 20.8. The van der Waals surface area contributed by atoms with Crippen LogP contribution in [0.1, 0.15) is 140 Å². The number of hydrogen-bond donors (Lipinski definition) is 3. The first kappa shape index (κ1) is 48.6. The quantitative estimate of drug-likeness (QED) is 0.160. The number of ether oxygens (including phenoxy) is 1. The third kappa shape index (κ3) is 10.00. The number of nitrogens with one attached hydrogen (secondary N) is 3. The summed E-state index contributed by atoms with van der Waals surface area (Å²) in [5.74, 6) is -1.94. The lowest BCUT2D eigenvalue weighted by atomic mass is 9.91. The molecule has 1 atom stereocenters. The van der Waals surface area contributed by atoms with Gasteiger partial charge >= 0.3 is 34.6 Å². The highest BCUT2D eigenvalue weighted by Gasteiger charge is 2.38. The van der Waals surface area contributed by atoms with Gasteiger partial charge in [0.25, 0.3) is 11.1 Å². The average Bonchev–Trinajstić information content (AvgIpc) is 3.19. The second-order valence-corrected chi connectivity index (χ2v) is 16.2. The molecular weight excluding hydrogens is 837 g/mol. The van der Waals surface area contributed by atoms with E-state index in [0.29, 0.717) is 58.9 Å². The Labute approximate surface area is 365 Å². The van der Waals surface area contributed by atoms with Crippen molar-refractivity contribution in [3.8, 4) is 0 Å². The predicted octanol–water partition coefficient (Wildman–Crippen LogP) is 3.65. The topological polar surface area (TPSA) is 280 Å². The minimum absolute atomic E-state index is 0.0111. The van der Waals surface area contributed by atoms with E-state index in [0.717, 1.165) is 57.8 Å². The molecule has 4 aromatic rings. The number of Topliss-reactive ketones (excluding diaryl/α,β-unsaturated/α-hetero) is 1. The molecule has 20 heteroatoms. The van der Waals surface area contributed by atoms with Crippen LogP contribution in [-0.2, 0) is 36.8 Å². The number of barbiturate groups is 1. The molecule has 8 rings (SSSR count). The van der Waals surface area contributed by atoms with E-state index < -0.39 is 46.5 Å². The molecule has 4 fully saturated rings. The van der Waals surface area contributed by atoms with Gasteiger partial charge in [0, 0.05) is 35.7 Å². The molecular formula is C44H56N6O14. The van der Waals surface area contributed by atoms with Gasteiger partial charge in [-0.15, -0.1) is 0 Å². The van der Waals surface area contributed by atoms with Gasteiger partial charge in [-0.2, -0.15) is 0 Å². The number of carbonyl (C=O) groups is 5. The monoisotopic (exact) mass is 892 g/mol. The van der Waals surface area contributed by atoms with Gasteiger partial charge in [-0.05, 0) is 109 Å². The van der Waals surface area contributed by atoms with Crippen molar-refractivity contribution in [2.45, 2.75) is 150 Å². The zero-order valence-electron chi connectivity index (χ0n) is 37.3. The predicted molar refractivity (Wildman–Crippen MR) is 232 cm³/mol. The lowest BCUT2D eigenvalue weighted by Gasteiger charge is -2.37. The fourth-order valence-electron chi connectivity index (χ4n) is 7.82. The van der Waals surface area contributed by atoms with Crippen LogP contribution in [0.5, 0.6) is 0 Å². The Morgan fingerprint density at radius 3 is 1.42 bits per heavy atom. The molecule has 5 heterocycles. The molecule has 0 radical (unpaired) electrons. The van der Waals surface area contributed by atoms with Crippen LogP contribution in [0.15, 0.2) is 37.6 Å². The van der Waals surface area contributed by atoms with Gasteiger partial charge in [-0.1, -0.05) is 20.8 Å². The van der Waals surface area contributed by atoms with Crippen LogP contribution in [-0.4, -0.2) is 66.2 Å². The number of fused-ring (bicyclic) bond motifs is 2. The fraction of sp³-hybridized carbons (Fsp3) is 0.568. The molecule has 0 aromatic carbocycles. The SMILES string of the molecule is CCOC(=O)C(C)C(=O)CC.CCc1c(C)c(=O)oc2[nH]c(=O)n(C3CCC3)c(=O)c12.CCc1c(C)c(=O)oc2[nH]c(=O)n(C3CCC3)c(=O)c12.O=C1CC(=O)N(C2CCC2)C(=O)N1. The van der Waals surface area contributed by atoms with E-state index in [1.807, 2.05) is 13.8 Å². The maximum Gasteiger partial charge on any atom is 0.340 e. The third-order valence-corrected chi connectivity index (χ3v) is 12.3. The summed E-state index contributed by atoms with van der Waals surface area (Å²) in [6, 6.07) is -0.591. The van der Waals surface area contributed by atoms with Crippen LogP contribution in [0.3, 0.4) is 0 Å². The highest BCUT2D eigenvalue weighted by molar-refractivity contribution is 6.14. The molecule has 0 bridgehead atoms. The molecule has 3 saturated carbocycles. The van der Waals surface area contributed by atoms with Crippen LogP contribution in [0.4, 0.5) is 4.79 Å². The van der Waals surface area contributed by atoms with Crippen LogP contribution >= 0.6 is 0 Å². The number of aromatic nitrogens is 4. The Kier molecular flexibility index (Phi) is 15.8. The van der Waals surface area contributed by atoms with E-state index in [-0.39, 0.29) is 58.8 Å². The number of aryl methyl sites for hydroxylation is 2. The number of H-pyrrole nitrogens is 2. The molecule has 3 aliphatic carbocycles. The zero-order valence-corrected chi connectivity index (χ0v) is 37.3. The molecule has 4 aromatic heterocycles. The number of urea groups is 1. The number of amides is 4. The fourth-order valence-corrected chi connectivity index (χ4v) is 7.82. The van der Waals surface area contributed by atoms with E-state index in [9.17, 15) is 52.7 Å². The molecule has 346 valence electrons. The Balaban J connectivity index is 0.000000166. The smallest absolute Gasteiger partial charge is 0.340 e. The van der Waals surface area contributed by atoms with E-state index in [1.165, 1.54) is 14.0 Å². The Hall–Kier alpha value is -6.47. The number of esters is 1. The maximum atomic E-state index is 12.6. The van der Waals surface area contributed by atoms with E-state index in [1.54, 1.807) is 34.6 Å². The summed E-state index contributed by atoms with van der Waals surface area (Å²) in [5, 5.41) is 2.80. The summed E-state index contributed by atoms with van der Waals surface area (Å²) >= 11 is 0. The number of nitrogens with zero attached hydrogens (tertiary/aromatic N) is 3. The molecule has 3 N–H and O–H groups in total. The van der Waals surface area contributed by atoms with Gasteiger partial charge in [-0.25, -0.2) is 24.0 Å². The summed E-state index contributed by atoms with van der Waals surface area (Å²) in [4.78, 5) is 134. The number of hydrogen-bond acceptors (Lipinski definition) is 14. The van der Waals surface area contributed by atoms with Gasteiger partial charge in [0.15, 0.2) is 0 Å². The van der Waals surface area contributed by atoms with Crippen LogP contribution in [0.25, 0.3) is 22.2 Å². The average molecular weight is 893 g/mol. The van der Waals surface area contributed by atoms with Crippen LogP contribution < -0.4 is 39.1 Å². The van der Waals surface area contributed by atoms with Crippen molar-refractivity contribution >= 4 is 51.8 Å². The largest absolute Gasteiger partial charge is 0.465 e. The standard InChI is InChI=1S/2C14H16N2O4.C8H10N2O3.C8H14O3/c2*1-3-9-7(2)13(18)20-11-10(9)12(17)16(14(19)15-11)8-5-4-6-8;11-6-4-7(12)10(8(13)9-6)5-2-1-3-5;1-4-7(9)6(3)8(10)11-5-2/h2*8H,3-6H2,1-2H3,(H,15,19);5H,1-4H2,(H,9,11,13);6H,4-5H2,1-3H3. The summed E-state index contributed by atoms with van der Waals surface area (Å²) in [7, 11) is 0. The molecule has 1 aliphatic heterocycles. The molecule has 4 amide bonds. The van der Waals surface area contributed by atoms with Gasteiger partial charge in [0.05, 0.1) is 6.61 Å². The van der Waals surface area contributed by atoms with Crippen molar-refractivity contribution in [3.05, 3.63) is 84.8 Å². The number of ketones is 1. The van der Waals surface area contributed by atoms with Gasteiger partial charge in [0.1, 0.15) is 28.9 Å². The molecule has 4 aliphatic rings. The normalized spacial score (nSPS) is 16.7. The number of rotatable bonds is 9. The van der Waals surface area contributed by atoms with Crippen molar-refractivity contribution in [2.24, 2.45) is 5.92 Å². The lowest BCUT2D eigenvalue weighted by Crippen LogP contribution is -2.58. The Bertz CT molecular complexity index is 2670.